The lowest BCUT2D eigenvalue weighted by molar-refractivity contribution is -0.139. The maximum atomic E-state index is 12.1. The van der Waals surface area contributed by atoms with Crippen LogP contribution < -0.4 is 0 Å². The lowest BCUT2D eigenvalue weighted by Gasteiger charge is -2.39. The number of aliphatic carboxylic acids is 3. The van der Waals surface area contributed by atoms with Gasteiger partial charge in [-0.3, -0.25) is 0 Å². The van der Waals surface area contributed by atoms with Crippen molar-refractivity contribution in [1.82, 2.24) is 0 Å². The molecule has 0 spiro atoms. The molecule has 0 aromatic rings. The van der Waals surface area contributed by atoms with Crippen LogP contribution in [0.15, 0.2) is 49.1 Å². The fourth-order valence-corrected chi connectivity index (χ4v) is 10.4. The molecular formula is C58H102O8. The third-order valence-corrected chi connectivity index (χ3v) is 15.4. The molecule has 0 heterocycles. The highest BCUT2D eigenvalue weighted by atomic mass is 16.5. The Kier molecular flexibility index (Phi) is 36.9. The van der Waals surface area contributed by atoms with E-state index in [1.165, 1.54) is 167 Å². The van der Waals surface area contributed by atoms with Crippen LogP contribution in [0.25, 0.3) is 0 Å². The van der Waals surface area contributed by atoms with Crippen LogP contribution in [-0.2, 0) is 23.9 Å². The summed E-state index contributed by atoms with van der Waals surface area (Å²) in [6, 6.07) is 0. The van der Waals surface area contributed by atoms with E-state index in [0.29, 0.717) is 29.2 Å². The lowest BCUT2D eigenvalue weighted by atomic mass is 9.65. The van der Waals surface area contributed by atoms with Gasteiger partial charge >= 0.3 is 23.9 Å². The first-order valence-corrected chi connectivity index (χ1v) is 27.1. The first-order valence-electron chi connectivity index (χ1n) is 27.1. The maximum Gasteiger partial charge on any atom is 0.333 e. The van der Waals surface area contributed by atoms with Gasteiger partial charge in [0, 0.05) is 22.8 Å². The van der Waals surface area contributed by atoms with Crippen molar-refractivity contribution in [3.8, 4) is 0 Å². The fraction of sp³-hybridized carbons (Fsp3) is 0.793. The van der Waals surface area contributed by atoms with Crippen LogP contribution in [0.4, 0.5) is 0 Å². The van der Waals surface area contributed by atoms with Crippen LogP contribution in [0, 0.1) is 28.6 Å². The van der Waals surface area contributed by atoms with E-state index in [0.717, 1.165) is 63.9 Å². The Hall–Kier alpha value is -3.16. The molecule has 3 saturated carbocycles. The number of hydrogen-bond donors (Lipinski definition) is 3. The van der Waals surface area contributed by atoms with Crippen molar-refractivity contribution >= 4 is 23.9 Å². The molecule has 0 radical (unpaired) electrons. The van der Waals surface area contributed by atoms with Crippen molar-refractivity contribution in [1.29, 1.82) is 0 Å². The molecule has 3 aliphatic rings. The first-order chi connectivity index (χ1) is 31.5. The molecule has 0 aliphatic heterocycles. The molecule has 0 aromatic heterocycles. The SMILES string of the molecule is C=C(C(=O)O)C1CCCCC1.C=C(C(=O)O)C1C[C@H]2CC[C@@]1(C)C2(C)C.C=C(CCCCCCCCCCCCCCCCCC)C(=O)OCCCCCCCCCCCC.C=CC(=O)O. The van der Waals surface area contributed by atoms with Crippen molar-refractivity contribution in [3.05, 3.63) is 49.1 Å². The van der Waals surface area contributed by atoms with Crippen LogP contribution >= 0.6 is 0 Å². The van der Waals surface area contributed by atoms with E-state index in [9.17, 15) is 19.2 Å². The number of esters is 1. The number of carbonyl (C=O) groups is 4. The molecular weight excluding hydrogens is 825 g/mol. The normalized spacial score (nSPS) is 19.2. The second-order valence-corrected chi connectivity index (χ2v) is 20.7. The largest absolute Gasteiger partial charge is 0.478 e. The zero-order valence-electron chi connectivity index (χ0n) is 43.5. The van der Waals surface area contributed by atoms with Crippen molar-refractivity contribution in [2.45, 2.75) is 259 Å². The molecule has 3 fully saturated rings. The summed E-state index contributed by atoms with van der Waals surface area (Å²) >= 11 is 0. The average Bonchev–Trinajstić information content (AvgIpc) is 3.65. The highest BCUT2D eigenvalue weighted by molar-refractivity contribution is 5.88. The molecule has 3 N–H and O–H groups in total. The Morgan fingerprint density at radius 1 is 0.561 bits per heavy atom. The van der Waals surface area contributed by atoms with E-state index in [2.05, 4.69) is 60.9 Å². The molecule has 66 heavy (non-hydrogen) atoms. The summed E-state index contributed by atoms with van der Waals surface area (Å²) in [7, 11) is 0. The molecule has 1 unspecified atom stereocenters. The van der Waals surface area contributed by atoms with Crippen molar-refractivity contribution in [3.63, 3.8) is 0 Å². The summed E-state index contributed by atoms with van der Waals surface area (Å²) in [4.78, 5) is 42.8. The molecule has 382 valence electrons. The number of rotatable bonds is 34. The summed E-state index contributed by atoms with van der Waals surface area (Å²) in [6.07, 6.45) is 45.6. The van der Waals surface area contributed by atoms with Crippen molar-refractivity contribution < 1.29 is 39.2 Å². The van der Waals surface area contributed by atoms with Crippen molar-refractivity contribution in [2.24, 2.45) is 28.6 Å². The minimum atomic E-state index is -0.981. The van der Waals surface area contributed by atoms with Crippen LogP contribution in [0.3, 0.4) is 0 Å². The Labute approximate surface area is 405 Å². The number of hydrogen-bond acceptors (Lipinski definition) is 5. The topological polar surface area (TPSA) is 138 Å². The summed E-state index contributed by atoms with van der Waals surface area (Å²) in [5.74, 6) is -1.66. The molecule has 3 aliphatic carbocycles. The number of ether oxygens (including phenoxy) is 1. The van der Waals surface area contributed by atoms with Gasteiger partial charge in [-0.05, 0) is 80.0 Å². The van der Waals surface area contributed by atoms with Gasteiger partial charge in [0.25, 0.3) is 0 Å². The van der Waals surface area contributed by atoms with Gasteiger partial charge in [0.1, 0.15) is 0 Å². The second kappa shape index (κ2) is 38.8. The fourth-order valence-electron chi connectivity index (χ4n) is 10.4. The van der Waals surface area contributed by atoms with E-state index in [4.69, 9.17) is 20.1 Å². The first kappa shape index (κ1) is 62.8. The van der Waals surface area contributed by atoms with Gasteiger partial charge in [0.05, 0.1) is 6.61 Å². The average molecular weight is 927 g/mol. The predicted molar refractivity (Wildman–Crippen MR) is 277 cm³/mol. The van der Waals surface area contributed by atoms with Gasteiger partial charge in [0.15, 0.2) is 0 Å². The zero-order valence-corrected chi connectivity index (χ0v) is 43.5. The quantitative estimate of drug-likeness (QED) is 0.0329. The smallest absolute Gasteiger partial charge is 0.333 e. The Morgan fingerprint density at radius 2 is 0.939 bits per heavy atom. The molecule has 0 aromatic carbocycles. The third kappa shape index (κ3) is 27.6. The summed E-state index contributed by atoms with van der Waals surface area (Å²) in [5.41, 5.74) is 1.92. The monoisotopic (exact) mass is 927 g/mol. The van der Waals surface area contributed by atoms with Gasteiger partial charge in [-0.1, -0.05) is 234 Å². The minimum absolute atomic E-state index is 0.146. The molecule has 0 saturated heterocycles. The van der Waals surface area contributed by atoms with Gasteiger partial charge in [-0.2, -0.15) is 0 Å². The van der Waals surface area contributed by atoms with E-state index >= 15 is 0 Å². The summed E-state index contributed by atoms with van der Waals surface area (Å²) in [6.45, 7) is 26.2. The molecule has 3 rings (SSSR count). The number of carboxylic acid groups (broad SMARTS) is 3. The second-order valence-electron chi connectivity index (χ2n) is 20.7. The Morgan fingerprint density at radius 3 is 1.27 bits per heavy atom. The van der Waals surface area contributed by atoms with E-state index in [1.54, 1.807) is 0 Å². The number of carbonyl (C=O) groups excluding carboxylic acids is 1. The summed E-state index contributed by atoms with van der Waals surface area (Å²) < 4.78 is 5.42. The van der Waals surface area contributed by atoms with Gasteiger partial charge in [-0.25, -0.2) is 19.2 Å². The van der Waals surface area contributed by atoms with Crippen LogP contribution in [-0.4, -0.2) is 45.8 Å². The Balaban J connectivity index is 0.00000109. The number of fused-ring (bicyclic) bond motifs is 2. The molecule has 8 heteroatoms. The highest BCUT2D eigenvalue weighted by Gasteiger charge is 2.62. The third-order valence-electron chi connectivity index (χ3n) is 15.4. The maximum absolute atomic E-state index is 12.1. The van der Waals surface area contributed by atoms with Crippen LogP contribution in [0.2, 0.25) is 0 Å². The molecule has 2 bridgehead atoms. The van der Waals surface area contributed by atoms with E-state index in [-0.39, 0.29) is 28.6 Å². The molecule has 3 atom stereocenters. The summed E-state index contributed by atoms with van der Waals surface area (Å²) in [5, 5.41) is 25.3. The lowest BCUT2D eigenvalue weighted by Crippen LogP contribution is -2.34. The zero-order chi connectivity index (χ0) is 49.6. The Bertz CT molecular complexity index is 1370. The number of carboxylic acids is 3. The van der Waals surface area contributed by atoms with Crippen LogP contribution in [0.5, 0.6) is 0 Å². The van der Waals surface area contributed by atoms with Crippen molar-refractivity contribution in [2.75, 3.05) is 6.61 Å². The van der Waals surface area contributed by atoms with Gasteiger partial charge < -0.3 is 20.1 Å². The molecule has 8 nitrogen and oxygen atoms in total. The van der Waals surface area contributed by atoms with Crippen LogP contribution in [0.1, 0.15) is 259 Å². The predicted octanol–water partition coefficient (Wildman–Crippen LogP) is 17.2. The van der Waals surface area contributed by atoms with Gasteiger partial charge in [0.2, 0.25) is 0 Å². The number of unbranched alkanes of at least 4 members (excludes halogenated alkanes) is 24. The minimum Gasteiger partial charge on any atom is -0.478 e. The standard InChI is InChI=1S/C33H64O2.C13H20O2.C9H14O2.C3H4O2/c1-4-6-8-10-12-14-16-17-18-19-20-21-22-24-26-28-30-32(3)33(34)35-31-29-27-25-23-15-13-11-9-7-5-2;1-8(11(14)15)10-7-9-5-6-13(10,4)12(9,2)3;1-7(9(10)11)8-5-3-2-4-6-8;1-2-3(4)5/h3-31H2,1-2H3;9-10H,1,5-7H2,2-4H3,(H,14,15);8H,1-6H2,(H,10,11);2H,1H2,(H,4,5)/t;9-,10?,13-;;/m.1../s1. The van der Waals surface area contributed by atoms with Gasteiger partial charge in [-0.15, -0.1) is 0 Å². The van der Waals surface area contributed by atoms with E-state index < -0.39 is 17.9 Å². The molecule has 0 amide bonds. The van der Waals surface area contributed by atoms with E-state index in [1.807, 2.05) is 0 Å². The highest BCUT2D eigenvalue weighted by Crippen LogP contribution is 2.69.